The molecule has 0 bridgehead atoms. The summed E-state index contributed by atoms with van der Waals surface area (Å²) in [4.78, 5) is 79.2. The van der Waals surface area contributed by atoms with E-state index in [9.17, 15) is 28.8 Å². The first-order valence-electron chi connectivity index (χ1n) is 12.1. The number of hydrogen-bond acceptors (Lipinski definition) is 8. The zero-order valence-corrected chi connectivity index (χ0v) is 20.6. The summed E-state index contributed by atoms with van der Waals surface area (Å²) >= 11 is 0. The Kier molecular flexibility index (Phi) is 7.84. The average molecular weight is 526 g/mol. The predicted octanol–water partition coefficient (Wildman–Crippen LogP) is 0.0286. The molecule has 0 aliphatic carbocycles. The molecule has 2 aromatic rings. The van der Waals surface area contributed by atoms with Gasteiger partial charge in [-0.05, 0) is 31.4 Å². The number of pyridine rings is 1. The fraction of sp³-hybridized carbons (Fsp3) is 0.400. The van der Waals surface area contributed by atoms with Crippen LogP contribution in [0.3, 0.4) is 0 Å². The Morgan fingerprint density at radius 1 is 1.24 bits per heavy atom. The number of rotatable bonds is 8. The number of nitrogens with zero attached hydrogens (tertiary/aromatic N) is 3. The number of carbonyl (C=O) groups is 6. The molecule has 0 saturated carbocycles. The Balaban J connectivity index is 1.57. The number of aliphatic carboxylic acids is 1. The van der Waals surface area contributed by atoms with Gasteiger partial charge in [0.05, 0.1) is 25.1 Å². The van der Waals surface area contributed by atoms with Crippen LogP contribution in [0.1, 0.15) is 42.6 Å². The Morgan fingerprint density at radius 2 is 2.00 bits per heavy atom. The minimum absolute atomic E-state index is 0.00540. The molecule has 2 fully saturated rings. The number of carboxylic acid groups (broad SMARTS) is 1. The molecule has 3 N–H and O–H groups in total. The first-order chi connectivity index (χ1) is 18.2. The van der Waals surface area contributed by atoms with Crippen LogP contribution in [0, 0.1) is 0 Å². The van der Waals surface area contributed by atoms with Crippen LogP contribution in [-0.2, 0) is 24.0 Å². The van der Waals surface area contributed by atoms with Gasteiger partial charge in [0, 0.05) is 24.4 Å². The number of fused-ring (bicyclic) bond motifs is 2. The number of aromatic nitrogens is 1. The van der Waals surface area contributed by atoms with E-state index in [4.69, 9.17) is 9.84 Å². The van der Waals surface area contributed by atoms with Gasteiger partial charge in [-0.1, -0.05) is 12.1 Å². The molecule has 2 aliphatic rings. The number of aldehydes is 1. The number of para-hydroxylation sites is 1. The van der Waals surface area contributed by atoms with E-state index in [1.807, 2.05) is 6.07 Å². The van der Waals surface area contributed by atoms with Crippen molar-refractivity contribution in [2.24, 2.45) is 0 Å². The number of carboxylic acids is 1. The molecule has 1 aromatic heterocycles. The minimum Gasteiger partial charge on any atom is -0.496 e. The molecule has 3 atom stereocenters. The lowest BCUT2D eigenvalue weighted by Gasteiger charge is -2.43. The van der Waals surface area contributed by atoms with Gasteiger partial charge in [-0.15, -0.1) is 0 Å². The smallest absolute Gasteiger partial charge is 0.305 e. The average Bonchev–Trinajstić information content (AvgIpc) is 3.03. The van der Waals surface area contributed by atoms with Gasteiger partial charge < -0.3 is 25.3 Å². The quantitative estimate of drug-likeness (QED) is 0.402. The van der Waals surface area contributed by atoms with E-state index < -0.39 is 54.1 Å². The number of benzene rings is 1. The number of carbonyl (C=O) groups excluding carboxylic acids is 5. The third-order valence-electron chi connectivity index (χ3n) is 6.49. The maximum absolute atomic E-state index is 13.6. The Labute approximate surface area is 217 Å². The van der Waals surface area contributed by atoms with E-state index in [1.165, 1.54) is 18.2 Å². The third-order valence-corrected chi connectivity index (χ3v) is 6.49. The molecule has 0 spiro atoms. The number of nitrogens with one attached hydrogen (secondary N) is 2. The second kappa shape index (κ2) is 11.2. The van der Waals surface area contributed by atoms with Crippen molar-refractivity contribution in [1.82, 2.24) is 25.6 Å². The van der Waals surface area contributed by atoms with Crippen LogP contribution in [0.5, 0.6) is 5.75 Å². The molecule has 200 valence electrons. The fourth-order valence-corrected chi connectivity index (χ4v) is 4.67. The summed E-state index contributed by atoms with van der Waals surface area (Å²) < 4.78 is 5.39. The second-order valence-electron chi connectivity index (χ2n) is 9.00. The largest absolute Gasteiger partial charge is 0.496 e. The maximum atomic E-state index is 13.6. The van der Waals surface area contributed by atoms with Gasteiger partial charge in [-0.25, -0.2) is 9.99 Å². The molecule has 4 rings (SSSR count). The summed E-state index contributed by atoms with van der Waals surface area (Å²) in [5, 5.41) is 16.9. The molecule has 0 radical (unpaired) electrons. The summed E-state index contributed by atoms with van der Waals surface area (Å²) in [5.74, 6) is -3.34. The van der Waals surface area contributed by atoms with Crippen molar-refractivity contribution in [2.45, 2.75) is 50.2 Å². The first-order valence-corrected chi connectivity index (χ1v) is 12.1. The van der Waals surface area contributed by atoms with Crippen molar-refractivity contribution in [3.8, 4) is 5.75 Å². The zero-order chi connectivity index (χ0) is 27.4. The van der Waals surface area contributed by atoms with Crippen molar-refractivity contribution in [3.05, 3.63) is 36.0 Å². The van der Waals surface area contributed by atoms with Crippen LogP contribution in [0.4, 0.5) is 0 Å². The number of ether oxygens (including phenoxy) is 1. The van der Waals surface area contributed by atoms with Crippen LogP contribution in [0.2, 0.25) is 0 Å². The Hall–Kier alpha value is -4.55. The van der Waals surface area contributed by atoms with E-state index in [0.29, 0.717) is 29.4 Å². The normalized spacial score (nSPS) is 20.2. The van der Waals surface area contributed by atoms with E-state index >= 15 is 0 Å². The van der Waals surface area contributed by atoms with Crippen molar-refractivity contribution in [1.29, 1.82) is 0 Å². The van der Waals surface area contributed by atoms with Crippen molar-refractivity contribution in [2.75, 3.05) is 13.7 Å². The van der Waals surface area contributed by atoms with E-state index in [1.54, 1.807) is 18.2 Å². The molecule has 3 heterocycles. The van der Waals surface area contributed by atoms with E-state index in [0.717, 1.165) is 5.01 Å². The van der Waals surface area contributed by atoms with Crippen LogP contribution < -0.4 is 15.4 Å². The molecule has 38 heavy (non-hydrogen) atoms. The van der Waals surface area contributed by atoms with Gasteiger partial charge in [0.2, 0.25) is 11.8 Å². The molecular weight excluding hydrogens is 498 g/mol. The summed E-state index contributed by atoms with van der Waals surface area (Å²) in [6.07, 6.45) is 0.229. The predicted molar refractivity (Wildman–Crippen MR) is 131 cm³/mol. The van der Waals surface area contributed by atoms with Crippen LogP contribution >= 0.6 is 0 Å². The highest BCUT2D eigenvalue weighted by atomic mass is 16.5. The SMILES string of the molecule is COc1cc(C(=O)NC2CCC(=O)N3CCCC(C(=O)NC(C=O)CC(=O)O)N3C2=O)nc2ccccc12. The Morgan fingerprint density at radius 3 is 2.71 bits per heavy atom. The van der Waals surface area contributed by atoms with Crippen LogP contribution in [-0.4, -0.2) is 87.8 Å². The van der Waals surface area contributed by atoms with Crippen LogP contribution in [0.25, 0.3) is 10.9 Å². The second-order valence-corrected chi connectivity index (χ2v) is 9.00. The molecule has 3 unspecified atom stereocenters. The maximum Gasteiger partial charge on any atom is 0.305 e. The van der Waals surface area contributed by atoms with Gasteiger partial charge in [0.1, 0.15) is 29.8 Å². The van der Waals surface area contributed by atoms with Gasteiger partial charge in [-0.3, -0.25) is 29.0 Å². The monoisotopic (exact) mass is 525 g/mol. The van der Waals surface area contributed by atoms with E-state index in [-0.39, 0.29) is 31.5 Å². The lowest BCUT2D eigenvalue weighted by molar-refractivity contribution is -0.176. The number of hydrogen-bond donors (Lipinski definition) is 3. The van der Waals surface area contributed by atoms with Gasteiger partial charge in [0.15, 0.2) is 0 Å². The highest BCUT2D eigenvalue weighted by Gasteiger charge is 2.45. The van der Waals surface area contributed by atoms with Crippen molar-refractivity contribution in [3.63, 3.8) is 0 Å². The molecular formula is C25H27N5O8. The first kappa shape index (κ1) is 26.5. The summed E-state index contributed by atoms with van der Waals surface area (Å²) in [6, 6.07) is 4.95. The van der Waals surface area contributed by atoms with Gasteiger partial charge in [0.25, 0.3) is 11.8 Å². The standard InChI is InChI=1S/C25H27N5O8/c1-38-20-12-18(27-16-6-3-2-5-15(16)20)23(35)28-17-8-9-21(32)29-10-4-7-19(30(29)25(17)37)24(36)26-14(13-31)11-22(33)34/h2-3,5-6,12-14,17,19H,4,7-11H2,1H3,(H,26,36)(H,28,35)(H,33,34). The Bertz CT molecular complexity index is 1300. The highest BCUT2D eigenvalue weighted by Crippen LogP contribution is 2.27. The molecule has 2 aliphatic heterocycles. The number of amides is 4. The van der Waals surface area contributed by atoms with Crippen molar-refractivity contribution >= 4 is 46.8 Å². The van der Waals surface area contributed by atoms with Crippen LogP contribution in [0.15, 0.2) is 30.3 Å². The minimum atomic E-state index is -1.29. The number of hydrazine groups is 1. The highest BCUT2D eigenvalue weighted by molar-refractivity contribution is 6.01. The molecule has 1 aromatic carbocycles. The summed E-state index contributed by atoms with van der Waals surface area (Å²) in [5.41, 5.74) is 0.528. The zero-order valence-electron chi connectivity index (χ0n) is 20.6. The summed E-state index contributed by atoms with van der Waals surface area (Å²) in [7, 11) is 1.46. The molecule has 2 saturated heterocycles. The third kappa shape index (κ3) is 5.41. The lowest BCUT2D eigenvalue weighted by Crippen LogP contribution is -2.64. The molecule has 13 heteroatoms. The molecule has 13 nitrogen and oxygen atoms in total. The molecule has 4 amide bonds. The fourth-order valence-electron chi connectivity index (χ4n) is 4.67. The lowest BCUT2D eigenvalue weighted by atomic mass is 10.0. The summed E-state index contributed by atoms with van der Waals surface area (Å²) in [6.45, 7) is 0.199. The topological polar surface area (TPSA) is 175 Å². The van der Waals surface area contributed by atoms with E-state index in [2.05, 4.69) is 15.6 Å². The van der Waals surface area contributed by atoms with Gasteiger partial charge in [-0.2, -0.15) is 0 Å². The number of methoxy groups -OCH3 is 1. The van der Waals surface area contributed by atoms with Crippen molar-refractivity contribution < 1.29 is 38.6 Å². The van der Waals surface area contributed by atoms with Gasteiger partial charge >= 0.3 is 5.97 Å².